The first-order valence-corrected chi connectivity index (χ1v) is 12.8. The van der Waals surface area contributed by atoms with Gasteiger partial charge >= 0.3 is 0 Å². The first-order valence-electron chi connectivity index (χ1n) is 12.8. The van der Waals surface area contributed by atoms with Gasteiger partial charge in [0.15, 0.2) is 0 Å². The van der Waals surface area contributed by atoms with Gasteiger partial charge in [0.05, 0.1) is 6.04 Å². The number of anilines is 1. The topological polar surface area (TPSA) is 62.5 Å². The summed E-state index contributed by atoms with van der Waals surface area (Å²) >= 11 is 0. The Morgan fingerprint density at radius 2 is 1.74 bits per heavy atom. The largest absolute Gasteiger partial charge is 0.369 e. The Balaban J connectivity index is 1.64. The summed E-state index contributed by atoms with van der Waals surface area (Å²) in [6.07, 6.45) is 4.84. The van der Waals surface area contributed by atoms with Crippen LogP contribution in [0.1, 0.15) is 49.1 Å². The maximum absolute atomic E-state index is 13.5. The van der Waals surface area contributed by atoms with E-state index in [1.165, 1.54) is 24.0 Å². The second kappa shape index (κ2) is 9.82. The molecular weight excluding hydrogens is 432 g/mol. The summed E-state index contributed by atoms with van der Waals surface area (Å²) in [5.41, 5.74) is 11.1. The van der Waals surface area contributed by atoms with E-state index in [4.69, 9.17) is 5.73 Å². The lowest BCUT2D eigenvalue weighted by Gasteiger charge is -2.40. The average Bonchev–Trinajstić information content (AvgIpc) is 3.46. The molecule has 1 fully saturated rings. The molecule has 0 aliphatic carbocycles. The van der Waals surface area contributed by atoms with Crippen LogP contribution in [0.15, 0.2) is 72.9 Å². The van der Waals surface area contributed by atoms with Gasteiger partial charge in [-0.3, -0.25) is 14.7 Å². The predicted molar refractivity (Wildman–Crippen MR) is 141 cm³/mol. The SMILES string of the molecule is CC(C)C1N(Cc2ccccc2)c2cc(CN3CCCC3)ccc2C1(Cc1ccccn1)C(N)=O. The minimum absolute atomic E-state index is 0.0701. The quantitative estimate of drug-likeness (QED) is 0.521. The molecular formula is C30H36N4O. The zero-order valence-corrected chi connectivity index (χ0v) is 20.9. The Hall–Kier alpha value is -3.18. The van der Waals surface area contributed by atoms with Crippen LogP contribution in [0.3, 0.4) is 0 Å². The van der Waals surface area contributed by atoms with Crippen molar-refractivity contribution in [2.24, 2.45) is 11.7 Å². The van der Waals surface area contributed by atoms with E-state index < -0.39 is 5.41 Å². The Kier molecular flexibility index (Phi) is 6.61. The summed E-state index contributed by atoms with van der Waals surface area (Å²) < 4.78 is 0. The summed E-state index contributed by atoms with van der Waals surface area (Å²) in [6, 6.07) is 23.1. The van der Waals surface area contributed by atoms with Gasteiger partial charge in [-0.15, -0.1) is 0 Å². The van der Waals surface area contributed by atoms with E-state index in [-0.39, 0.29) is 17.9 Å². The van der Waals surface area contributed by atoms with Gasteiger partial charge in [-0.1, -0.05) is 62.4 Å². The minimum Gasteiger partial charge on any atom is -0.369 e. The monoisotopic (exact) mass is 468 g/mol. The molecule has 2 atom stereocenters. The molecule has 0 bridgehead atoms. The molecule has 2 N–H and O–H groups in total. The highest BCUT2D eigenvalue weighted by atomic mass is 16.1. The van der Waals surface area contributed by atoms with E-state index in [0.29, 0.717) is 6.42 Å². The summed E-state index contributed by atoms with van der Waals surface area (Å²) in [6.45, 7) is 8.41. The minimum atomic E-state index is -0.848. The first kappa shape index (κ1) is 23.6. The molecule has 0 spiro atoms. The van der Waals surface area contributed by atoms with E-state index in [2.05, 4.69) is 71.1 Å². The fraction of sp³-hybridized carbons (Fsp3) is 0.400. The number of nitrogens with two attached hydrogens (primary N) is 1. The Bertz CT molecular complexity index is 1160. The van der Waals surface area contributed by atoms with E-state index >= 15 is 0 Å². The van der Waals surface area contributed by atoms with Crippen molar-refractivity contribution in [2.45, 2.75) is 57.7 Å². The third-order valence-electron chi connectivity index (χ3n) is 7.75. The maximum Gasteiger partial charge on any atom is 0.230 e. The molecule has 1 amide bonds. The van der Waals surface area contributed by atoms with Crippen molar-refractivity contribution in [3.05, 3.63) is 95.3 Å². The molecule has 2 unspecified atom stereocenters. The Labute approximate surface area is 209 Å². The van der Waals surface area contributed by atoms with Crippen LogP contribution in [-0.2, 0) is 29.7 Å². The molecule has 35 heavy (non-hydrogen) atoms. The Morgan fingerprint density at radius 1 is 1.00 bits per heavy atom. The third kappa shape index (κ3) is 4.45. The van der Waals surface area contributed by atoms with Crippen LogP contribution in [0.25, 0.3) is 0 Å². The van der Waals surface area contributed by atoms with Gasteiger partial charge in [-0.25, -0.2) is 0 Å². The number of aromatic nitrogens is 1. The number of carbonyl (C=O) groups is 1. The fourth-order valence-electron chi connectivity index (χ4n) is 6.31. The lowest BCUT2D eigenvalue weighted by molar-refractivity contribution is -0.124. The number of hydrogen-bond donors (Lipinski definition) is 1. The molecule has 0 radical (unpaired) electrons. The standard InChI is InChI=1S/C30H36N4O/c1-22(2)28-30(29(31)35,19-25-12-6-7-15-32-25)26-14-13-24(20-33-16-8-9-17-33)18-27(26)34(28)21-23-10-4-3-5-11-23/h3-7,10-15,18,22,28H,8-9,16-17,19-21H2,1-2H3,(H2,31,35). The van der Waals surface area contributed by atoms with E-state index in [9.17, 15) is 4.79 Å². The van der Waals surface area contributed by atoms with Crippen LogP contribution in [0.2, 0.25) is 0 Å². The molecule has 2 aliphatic rings. The van der Waals surface area contributed by atoms with Crippen molar-refractivity contribution in [3.8, 4) is 0 Å². The molecule has 2 aromatic carbocycles. The number of pyridine rings is 1. The fourth-order valence-corrected chi connectivity index (χ4v) is 6.31. The van der Waals surface area contributed by atoms with Crippen molar-refractivity contribution in [3.63, 3.8) is 0 Å². The zero-order valence-electron chi connectivity index (χ0n) is 20.9. The lowest BCUT2D eigenvalue weighted by atomic mass is 9.69. The molecule has 5 nitrogen and oxygen atoms in total. The van der Waals surface area contributed by atoms with Crippen LogP contribution >= 0.6 is 0 Å². The number of fused-ring (bicyclic) bond motifs is 1. The second-order valence-electron chi connectivity index (χ2n) is 10.5. The first-order chi connectivity index (χ1) is 17.0. The summed E-state index contributed by atoms with van der Waals surface area (Å²) in [7, 11) is 0. The van der Waals surface area contributed by atoms with Gasteiger partial charge < -0.3 is 10.6 Å². The molecule has 5 rings (SSSR count). The highest BCUT2D eigenvalue weighted by Gasteiger charge is 2.56. The van der Waals surface area contributed by atoms with Gasteiger partial charge in [0.25, 0.3) is 0 Å². The summed E-state index contributed by atoms with van der Waals surface area (Å²) in [5, 5.41) is 0. The Morgan fingerprint density at radius 3 is 2.40 bits per heavy atom. The average molecular weight is 469 g/mol. The van der Waals surface area contributed by atoms with Crippen LogP contribution in [0, 0.1) is 5.92 Å². The highest BCUT2D eigenvalue weighted by molar-refractivity contribution is 5.93. The highest BCUT2D eigenvalue weighted by Crippen LogP contribution is 2.50. The van der Waals surface area contributed by atoms with Crippen molar-refractivity contribution in [1.82, 2.24) is 9.88 Å². The molecule has 1 saturated heterocycles. The number of likely N-dealkylation sites (tertiary alicyclic amines) is 1. The molecule has 0 saturated carbocycles. The molecule has 1 aromatic heterocycles. The smallest absolute Gasteiger partial charge is 0.230 e. The number of benzene rings is 2. The van der Waals surface area contributed by atoms with Crippen molar-refractivity contribution in [1.29, 1.82) is 0 Å². The van der Waals surface area contributed by atoms with Crippen molar-refractivity contribution in [2.75, 3.05) is 18.0 Å². The van der Waals surface area contributed by atoms with Gasteiger partial charge in [0, 0.05) is 37.1 Å². The van der Waals surface area contributed by atoms with Gasteiger partial charge in [0.2, 0.25) is 5.91 Å². The molecule has 3 aromatic rings. The van der Waals surface area contributed by atoms with Gasteiger partial charge in [0.1, 0.15) is 5.41 Å². The summed E-state index contributed by atoms with van der Waals surface area (Å²) in [5.74, 6) is -0.0599. The van der Waals surface area contributed by atoms with E-state index in [1.807, 2.05) is 24.3 Å². The van der Waals surface area contributed by atoms with E-state index in [0.717, 1.165) is 43.1 Å². The molecule has 3 heterocycles. The van der Waals surface area contributed by atoms with Crippen LogP contribution in [0.5, 0.6) is 0 Å². The molecule has 182 valence electrons. The van der Waals surface area contributed by atoms with E-state index in [1.54, 1.807) is 6.20 Å². The zero-order chi connectivity index (χ0) is 24.4. The number of carbonyl (C=O) groups excluding carboxylic acids is 1. The summed E-state index contributed by atoms with van der Waals surface area (Å²) in [4.78, 5) is 23.1. The number of amides is 1. The number of hydrogen-bond acceptors (Lipinski definition) is 4. The molecule has 2 aliphatic heterocycles. The van der Waals surface area contributed by atoms with Gasteiger partial charge in [-0.2, -0.15) is 0 Å². The number of rotatable bonds is 8. The van der Waals surface area contributed by atoms with Crippen LogP contribution in [0.4, 0.5) is 5.69 Å². The van der Waals surface area contributed by atoms with Gasteiger partial charge in [-0.05, 0) is 66.7 Å². The lowest BCUT2D eigenvalue weighted by Crippen LogP contribution is -2.56. The van der Waals surface area contributed by atoms with Crippen molar-refractivity contribution >= 4 is 11.6 Å². The predicted octanol–water partition coefficient (Wildman–Crippen LogP) is 4.69. The van der Waals surface area contributed by atoms with Crippen molar-refractivity contribution < 1.29 is 4.79 Å². The number of primary amides is 1. The number of nitrogens with zero attached hydrogens (tertiary/aromatic N) is 3. The molecule has 5 heteroatoms. The third-order valence-corrected chi connectivity index (χ3v) is 7.75. The normalized spacial score (nSPS) is 22.0. The maximum atomic E-state index is 13.5. The van der Waals surface area contributed by atoms with Crippen LogP contribution in [-0.4, -0.2) is 34.9 Å². The van der Waals surface area contributed by atoms with Crippen LogP contribution < -0.4 is 10.6 Å². The second-order valence-corrected chi connectivity index (χ2v) is 10.5.